The Morgan fingerprint density at radius 2 is 1.83 bits per heavy atom. The van der Waals surface area contributed by atoms with Crippen LogP contribution in [-0.4, -0.2) is 18.3 Å². The van der Waals surface area contributed by atoms with Crippen LogP contribution in [0.4, 0.5) is 0 Å². The number of fused-ring (bicyclic) bond motifs is 1. The van der Waals surface area contributed by atoms with E-state index in [4.69, 9.17) is 9.47 Å². The van der Waals surface area contributed by atoms with Crippen molar-refractivity contribution in [3.05, 3.63) is 39.1 Å². The van der Waals surface area contributed by atoms with Gasteiger partial charge in [-0.05, 0) is 35.3 Å². The van der Waals surface area contributed by atoms with Crippen molar-refractivity contribution < 1.29 is 9.47 Å². The molecule has 1 aliphatic heterocycles. The molecule has 24 heavy (non-hydrogen) atoms. The Labute approximate surface area is 151 Å². The standard InChI is InChI=1S/C18H18N2O2S2/c1-3-23-18(24-4-2)15(11-20)8-14(10-19)7-13-5-6-16-17(9-13)22-12-21-16/h5-7,9H,3-4,8,12H2,1-2H3/b14-7-. The second-order valence-corrected chi connectivity index (χ2v) is 7.62. The minimum absolute atomic E-state index is 0.223. The number of nitrogens with zero attached hydrogens (tertiary/aromatic N) is 2. The Morgan fingerprint density at radius 3 is 2.46 bits per heavy atom. The summed E-state index contributed by atoms with van der Waals surface area (Å²) in [7, 11) is 0. The molecule has 0 unspecified atom stereocenters. The molecule has 1 aromatic carbocycles. The summed E-state index contributed by atoms with van der Waals surface area (Å²) in [5.41, 5.74) is 2.07. The SMILES string of the molecule is CCSC(SCC)=C(C#N)C/C(C#N)=C/c1ccc2c(c1)OCO2. The zero-order valence-corrected chi connectivity index (χ0v) is 15.3. The molecular formula is C18H18N2O2S2. The molecule has 4 nitrogen and oxygen atoms in total. The number of ether oxygens (including phenoxy) is 2. The van der Waals surface area contributed by atoms with Gasteiger partial charge in [0.1, 0.15) is 0 Å². The molecule has 0 aliphatic carbocycles. The normalized spacial score (nSPS) is 12.4. The average molecular weight is 358 g/mol. The molecule has 0 radical (unpaired) electrons. The highest BCUT2D eigenvalue weighted by atomic mass is 32.2. The summed E-state index contributed by atoms with van der Waals surface area (Å²) < 4.78 is 11.7. The second-order valence-electron chi connectivity index (χ2n) is 4.81. The second kappa shape index (κ2) is 9.32. The number of nitriles is 2. The molecule has 0 saturated carbocycles. The third kappa shape index (κ3) is 4.74. The smallest absolute Gasteiger partial charge is 0.231 e. The molecule has 0 atom stereocenters. The van der Waals surface area contributed by atoms with Crippen LogP contribution in [0.2, 0.25) is 0 Å². The minimum Gasteiger partial charge on any atom is -0.454 e. The van der Waals surface area contributed by atoms with E-state index in [0.717, 1.165) is 21.3 Å². The van der Waals surface area contributed by atoms with Gasteiger partial charge in [-0.2, -0.15) is 10.5 Å². The van der Waals surface area contributed by atoms with Crippen LogP contribution in [0.15, 0.2) is 33.6 Å². The van der Waals surface area contributed by atoms with Crippen LogP contribution in [-0.2, 0) is 0 Å². The van der Waals surface area contributed by atoms with Crippen LogP contribution in [0.3, 0.4) is 0 Å². The Balaban J connectivity index is 2.25. The van der Waals surface area contributed by atoms with Gasteiger partial charge in [0.2, 0.25) is 6.79 Å². The molecule has 0 amide bonds. The van der Waals surface area contributed by atoms with Crippen molar-refractivity contribution in [2.75, 3.05) is 18.3 Å². The summed E-state index contributed by atoms with van der Waals surface area (Å²) in [6.07, 6.45) is 2.14. The molecule has 0 aromatic heterocycles. The maximum Gasteiger partial charge on any atom is 0.231 e. The molecule has 6 heteroatoms. The zero-order chi connectivity index (χ0) is 17.4. The fourth-order valence-electron chi connectivity index (χ4n) is 2.15. The number of hydrogen-bond acceptors (Lipinski definition) is 6. The first-order valence-corrected chi connectivity index (χ1v) is 9.58. The van der Waals surface area contributed by atoms with Gasteiger partial charge in [-0.15, -0.1) is 23.5 Å². The number of allylic oxidation sites excluding steroid dienone is 2. The van der Waals surface area contributed by atoms with Gasteiger partial charge in [0.15, 0.2) is 11.5 Å². The van der Waals surface area contributed by atoms with Crippen LogP contribution in [0.25, 0.3) is 6.08 Å². The minimum atomic E-state index is 0.223. The molecule has 1 heterocycles. The Kier molecular flexibility index (Phi) is 7.11. The van der Waals surface area contributed by atoms with Crippen LogP contribution >= 0.6 is 23.5 Å². The van der Waals surface area contributed by atoms with E-state index < -0.39 is 0 Å². The van der Waals surface area contributed by atoms with E-state index in [1.165, 1.54) is 0 Å². The first-order valence-electron chi connectivity index (χ1n) is 7.61. The van der Waals surface area contributed by atoms with Gasteiger partial charge in [0.25, 0.3) is 0 Å². The molecule has 0 bridgehead atoms. The van der Waals surface area contributed by atoms with E-state index in [-0.39, 0.29) is 6.79 Å². The van der Waals surface area contributed by atoms with Crippen molar-refractivity contribution in [2.45, 2.75) is 20.3 Å². The summed E-state index contributed by atoms with van der Waals surface area (Å²) in [6, 6.07) is 10.0. The Morgan fingerprint density at radius 1 is 1.12 bits per heavy atom. The van der Waals surface area contributed by atoms with E-state index in [9.17, 15) is 10.5 Å². The number of thioether (sulfide) groups is 2. The lowest BCUT2D eigenvalue weighted by atomic mass is 10.0. The highest BCUT2D eigenvalue weighted by Gasteiger charge is 2.14. The molecule has 1 aliphatic rings. The summed E-state index contributed by atoms with van der Waals surface area (Å²) in [5, 5.41) is 18.9. The third-order valence-corrected chi connectivity index (χ3v) is 5.48. The van der Waals surface area contributed by atoms with Gasteiger partial charge in [-0.3, -0.25) is 0 Å². The lowest BCUT2D eigenvalue weighted by molar-refractivity contribution is 0.174. The molecule has 124 valence electrons. The summed E-state index contributed by atoms with van der Waals surface area (Å²) in [4.78, 5) is 0. The van der Waals surface area contributed by atoms with Gasteiger partial charge in [0, 0.05) is 12.0 Å². The van der Waals surface area contributed by atoms with Crippen molar-refractivity contribution in [2.24, 2.45) is 0 Å². The predicted octanol–water partition coefficient (Wildman–Crippen LogP) is 4.95. The fraction of sp³-hybridized carbons (Fsp3) is 0.333. The van der Waals surface area contributed by atoms with Gasteiger partial charge >= 0.3 is 0 Å². The van der Waals surface area contributed by atoms with E-state index in [0.29, 0.717) is 29.1 Å². The fourth-order valence-corrected chi connectivity index (χ4v) is 4.30. The predicted molar refractivity (Wildman–Crippen MR) is 99.7 cm³/mol. The third-order valence-electron chi connectivity index (χ3n) is 3.18. The van der Waals surface area contributed by atoms with E-state index in [1.807, 2.05) is 18.2 Å². The molecule has 0 saturated heterocycles. The summed E-state index contributed by atoms with van der Waals surface area (Å²) >= 11 is 3.31. The van der Waals surface area contributed by atoms with Crippen LogP contribution in [0.5, 0.6) is 11.5 Å². The van der Waals surface area contributed by atoms with Gasteiger partial charge in [-0.25, -0.2) is 0 Å². The maximum absolute atomic E-state index is 9.48. The lowest BCUT2D eigenvalue weighted by Gasteiger charge is -2.07. The monoisotopic (exact) mass is 358 g/mol. The van der Waals surface area contributed by atoms with E-state index >= 15 is 0 Å². The maximum atomic E-state index is 9.48. The van der Waals surface area contributed by atoms with Gasteiger partial charge < -0.3 is 9.47 Å². The summed E-state index contributed by atoms with van der Waals surface area (Å²) in [6.45, 7) is 4.34. The Hall–Kier alpha value is -2.02. The van der Waals surface area contributed by atoms with Crippen molar-refractivity contribution >= 4 is 29.6 Å². The summed E-state index contributed by atoms with van der Waals surface area (Å²) in [5.74, 6) is 3.20. The quantitative estimate of drug-likeness (QED) is 0.642. The molecule has 0 N–H and O–H groups in total. The average Bonchev–Trinajstić information content (AvgIpc) is 3.06. The van der Waals surface area contributed by atoms with Crippen molar-refractivity contribution in [1.82, 2.24) is 0 Å². The van der Waals surface area contributed by atoms with Crippen LogP contribution in [0, 0.1) is 22.7 Å². The molecular weight excluding hydrogens is 340 g/mol. The highest BCUT2D eigenvalue weighted by Crippen LogP contribution is 2.35. The first kappa shape index (κ1) is 18.3. The van der Waals surface area contributed by atoms with Gasteiger partial charge in [0.05, 0.1) is 21.9 Å². The van der Waals surface area contributed by atoms with E-state index in [2.05, 4.69) is 26.0 Å². The number of rotatable bonds is 7. The van der Waals surface area contributed by atoms with Gasteiger partial charge in [-0.1, -0.05) is 19.9 Å². The largest absolute Gasteiger partial charge is 0.454 e. The van der Waals surface area contributed by atoms with Crippen LogP contribution < -0.4 is 9.47 Å². The van der Waals surface area contributed by atoms with Crippen LogP contribution in [0.1, 0.15) is 25.8 Å². The lowest BCUT2D eigenvalue weighted by Crippen LogP contribution is -1.92. The van der Waals surface area contributed by atoms with E-state index in [1.54, 1.807) is 29.6 Å². The molecule has 1 aromatic rings. The van der Waals surface area contributed by atoms with Crippen molar-refractivity contribution in [3.8, 4) is 23.6 Å². The Bertz CT molecular complexity index is 734. The zero-order valence-electron chi connectivity index (χ0n) is 13.7. The van der Waals surface area contributed by atoms with Crippen molar-refractivity contribution in [1.29, 1.82) is 10.5 Å². The molecule has 2 rings (SSSR count). The first-order chi connectivity index (χ1) is 11.7. The molecule has 0 fully saturated rings. The number of hydrogen-bond donors (Lipinski definition) is 0. The molecule has 0 spiro atoms. The highest BCUT2D eigenvalue weighted by molar-refractivity contribution is 8.22. The topological polar surface area (TPSA) is 66.0 Å². The van der Waals surface area contributed by atoms with Crippen molar-refractivity contribution in [3.63, 3.8) is 0 Å². The number of benzene rings is 1.